The minimum absolute atomic E-state index is 0.00277. The summed E-state index contributed by atoms with van der Waals surface area (Å²) in [6.45, 7) is 2.97. The van der Waals surface area contributed by atoms with Crippen molar-refractivity contribution in [1.29, 1.82) is 0 Å². The quantitative estimate of drug-likeness (QED) is 0.750. The van der Waals surface area contributed by atoms with Crippen LogP contribution in [-0.4, -0.2) is 37.4 Å². The first kappa shape index (κ1) is 17.8. The molecule has 136 valence electrons. The molecular formula is C16H20ClF2N5O. The number of aromatic nitrogens is 4. The van der Waals surface area contributed by atoms with Crippen molar-refractivity contribution < 1.29 is 13.6 Å². The van der Waals surface area contributed by atoms with Crippen LogP contribution < -0.4 is 0 Å². The summed E-state index contributed by atoms with van der Waals surface area (Å²) in [4.78, 5) is 14.1. The Kier molecular flexibility index (Phi) is 5.08. The molecule has 1 aliphatic carbocycles. The zero-order valence-electron chi connectivity index (χ0n) is 14.1. The maximum Gasteiger partial charge on any atom is 0.283 e. The summed E-state index contributed by atoms with van der Waals surface area (Å²) in [7, 11) is 1.67. The molecule has 0 bridgehead atoms. The van der Waals surface area contributed by atoms with E-state index in [1.165, 1.54) is 9.58 Å². The van der Waals surface area contributed by atoms with Crippen LogP contribution >= 0.6 is 11.6 Å². The van der Waals surface area contributed by atoms with E-state index < -0.39 is 12.1 Å². The maximum absolute atomic E-state index is 13.1. The second-order valence-corrected chi connectivity index (χ2v) is 6.58. The fourth-order valence-corrected chi connectivity index (χ4v) is 3.21. The summed E-state index contributed by atoms with van der Waals surface area (Å²) in [6, 6.07) is 1.85. The average molecular weight is 372 g/mol. The van der Waals surface area contributed by atoms with Gasteiger partial charge in [0.15, 0.2) is 0 Å². The molecule has 0 unspecified atom stereocenters. The van der Waals surface area contributed by atoms with Crippen molar-refractivity contribution in [3.8, 4) is 0 Å². The van der Waals surface area contributed by atoms with E-state index >= 15 is 0 Å². The molecule has 0 aromatic carbocycles. The van der Waals surface area contributed by atoms with Gasteiger partial charge in [-0.05, 0) is 25.8 Å². The molecule has 1 saturated carbocycles. The number of nitrogens with zero attached hydrogens (tertiary/aromatic N) is 5. The molecule has 2 heterocycles. The van der Waals surface area contributed by atoms with Gasteiger partial charge in [-0.1, -0.05) is 11.6 Å². The van der Waals surface area contributed by atoms with Gasteiger partial charge in [0.25, 0.3) is 6.43 Å². The Hall–Kier alpha value is -1.96. The molecule has 2 aromatic rings. The first-order valence-electron chi connectivity index (χ1n) is 8.21. The van der Waals surface area contributed by atoms with Crippen LogP contribution in [0.3, 0.4) is 0 Å². The van der Waals surface area contributed by atoms with E-state index in [1.807, 2.05) is 13.0 Å². The lowest BCUT2D eigenvalue weighted by Crippen LogP contribution is -2.31. The monoisotopic (exact) mass is 371 g/mol. The van der Waals surface area contributed by atoms with Crippen molar-refractivity contribution in [3.05, 3.63) is 34.4 Å². The first-order valence-corrected chi connectivity index (χ1v) is 8.59. The summed E-state index contributed by atoms with van der Waals surface area (Å²) in [5.74, 6) is -0.0992. The SMILES string of the molecule is CCn1nccc1CN(C)C(=O)Cn1nc(C(F)F)c(Cl)c1C1CC1. The molecule has 0 atom stereocenters. The largest absolute Gasteiger partial charge is 0.338 e. The summed E-state index contributed by atoms with van der Waals surface area (Å²) < 4.78 is 29.3. The Balaban J connectivity index is 1.75. The highest BCUT2D eigenvalue weighted by Gasteiger charge is 2.34. The Morgan fingerprint density at radius 2 is 2.16 bits per heavy atom. The number of hydrogen-bond acceptors (Lipinski definition) is 3. The number of carbonyl (C=O) groups excluding carboxylic acids is 1. The van der Waals surface area contributed by atoms with Gasteiger partial charge in [-0.3, -0.25) is 14.2 Å². The van der Waals surface area contributed by atoms with E-state index in [4.69, 9.17) is 11.6 Å². The fraction of sp³-hybridized carbons (Fsp3) is 0.562. The number of aryl methyl sites for hydroxylation is 1. The molecule has 0 saturated heterocycles. The van der Waals surface area contributed by atoms with Gasteiger partial charge in [0.2, 0.25) is 5.91 Å². The molecule has 6 nitrogen and oxygen atoms in total. The molecule has 2 aromatic heterocycles. The minimum Gasteiger partial charge on any atom is -0.338 e. The third-order valence-electron chi connectivity index (χ3n) is 4.34. The zero-order valence-corrected chi connectivity index (χ0v) is 14.9. The molecule has 0 N–H and O–H groups in total. The van der Waals surface area contributed by atoms with Crippen molar-refractivity contribution in [3.63, 3.8) is 0 Å². The predicted octanol–water partition coefficient (Wildman–Crippen LogP) is 3.23. The normalized spacial score (nSPS) is 14.3. The number of likely N-dealkylation sites (N-methyl/N-ethyl adjacent to an activating group) is 1. The van der Waals surface area contributed by atoms with Crippen molar-refractivity contribution in [2.45, 2.75) is 51.7 Å². The Morgan fingerprint density at radius 1 is 1.44 bits per heavy atom. The Morgan fingerprint density at radius 3 is 2.76 bits per heavy atom. The Labute approximate surface area is 149 Å². The number of hydrogen-bond donors (Lipinski definition) is 0. The third kappa shape index (κ3) is 3.68. The number of carbonyl (C=O) groups is 1. The summed E-state index contributed by atoms with van der Waals surface area (Å²) in [5, 5.41) is 8.06. The van der Waals surface area contributed by atoms with Crippen LogP contribution in [0.4, 0.5) is 8.78 Å². The van der Waals surface area contributed by atoms with E-state index in [9.17, 15) is 13.6 Å². The maximum atomic E-state index is 13.1. The average Bonchev–Trinajstić information content (AvgIpc) is 3.21. The summed E-state index contributed by atoms with van der Waals surface area (Å²) >= 11 is 6.08. The standard InChI is InChI=1S/C16H20ClF2N5O/c1-3-23-11(6-7-20-23)8-22(2)12(25)9-24-15(10-4-5-10)13(17)14(21-24)16(18)19/h6-7,10,16H,3-5,8-9H2,1-2H3. The van der Waals surface area contributed by atoms with Gasteiger partial charge in [-0.25, -0.2) is 8.78 Å². The predicted molar refractivity (Wildman–Crippen MR) is 88.5 cm³/mol. The second-order valence-electron chi connectivity index (χ2n) is 6.21. The van der Waals surface area contributed by atoms with E-state index in [0.29, 0.717) is 18.8 Å². The van der Waals surface area contributed by atoms with Crippen LogP contribution in [0.25, 0.3) is 0 Å². The van der Waals surface area contributed by atoms with Gasteiger partial charge >= 0.3 is 0 Å². The van der Waals surface area contributed by atoms with Crippen LogP contribution in [0.2, 0.25) is 5.02 Å². The van der Waals surface area contributed by atoms with Gasteiger partial charge in [0, 0.05) is 25.7 Å². The molecule has 3 rings (SSSR count). The van der Waals surface area contributed by atoms with Crippen molar-refractivity contribution in [1.82, 2.24) is 24.5 Å². The fourth-order valence-electron chi connectivity index (χ4n) is 2.84. The molecule has 1 aliphatic rings. The van der Waals surface area contributed by atoms with Crippen LogP contribution in [0.5, 0.6) is 0 Å². The molecule has 1 amide bonds. The van der Waals surface area contributed by atoms with Gasteiger partial charge < -0.3 is 4.90 Å². The number of amides is 1. The first-order chi connectivity index (χ1) is 11.9. The highest BCUT2D eigenvalue weighted by atomic mass is 35.5. The van der Waals surface area contributed by atoms with E-state index in [0.717, 1.165) is 18.5 Å². The van der Waals surface area contributed by atoms with Crippen LogP contribution in [0.15, 0.2) is 12.3 Å². The molecule has 25 heavy (non-hydrogen) atoms. The van der Waals surface area contributed by atoms with Crippen LogP contribution in [0, 0.1) is 0 Å². The topological polar surface area (TPSA) is 56.0 Å². The Bertz CT molecular complexity index is 769. The smallest absolute Gasteiger partial charge is 0.283 e. The van der Waals surface area contributed by atoms with Gasteiger partial charge in [0.1, 0.15) is 12.2 Å². The van der Waals surface area contributed by atoms with E-state index in [1.54, 1.807) is 17.9 Å². The summed E-state index contributed by atoms with van der Waals surface area (Å²) in [5.41, 5.74) is 1.02. The highest BCUT2D eigenvalue weighted by molar-refractivity contribution is 6.32. The van der Waals surface area contributed by atoms with Crippen molar-refractivity contribution in [2.75, 3.05) is 7.05 Å². The van der Waals surface area contributed by atoms with Gasteiger partial charge in [-0.2, -0.15) is 10.2 Å². The highest BCUT2D eigenvalue weighted by Crippen LogP contribution is 2.45. The lowest BCUT2D eigenvalue weighted by molar-refractivity contribution is -0.131. The van der Waals surface area contributed by atoms with E-state index in [2.05, 4.69) is 10.2 Å². The van der Waals surface area contributed by atoms with Crippen LogP contribution in [0.1, 0.15) is 49.2 Å². The second kappa shape index (κ2) is 7.11. The number of alkyl halides is 2. The van der Waals surface area contributed by atoms with Crippen molar-refractivity contribution >= 4 is 17.5 Å². The lowest BCUT2D eigenvalue weighted by Gasteiger charge is -2.18. The molecule has 1 fully saturated rings. The van der Waals surface area contributed by atoms with Crippen LogP contribution in [-0.2, 0) is 24.4 Å². The van der Waals surface area contributed by atoms with Crippen molar-refractivity contribution in [2.24, 2.45) is 0 Å². The summed E-state index contributed by atoms with van der Waals surface area (Å²) in [6.07, 6.45) is 0.699. The molecule has 0 radical (unpaired) electrons. The molecule has 9 heteroatoms. The van der Waals surface area contributed by atoms with Gasteiger partial charge in [0.05, 0.1) is 23.0 Å². The third-order valence-corrected chi connectivity index (χ3v) is 4.73. The molecule has 0 aliphatic heterocycles. The molecular weight excluding hydrogens is 352 g/mol. The lowest BCUT2D eigenvalue weighted by atomic mass is 10.2. The van der Waals surface area contributed by atoms with Gasteiger partial charge in [-0.15, -0.1) is 0 Å². The zero-order chi connectivity index (χ0) is 18.1. The number of rotatable bonds is 7. The van der Waals surface area contributed by atoms with E-state index in [-0.39, 0.29) is 23.4 Å². The molecule has 0 spiro atoms. The minimum atomic E-state index is -2.75. The number of halogens is 3.